The summed E-state index contributed by atoms with van der Waals surface area (Å²) in [6, 6.07) is -0.654. The maximum absolute atomic E-state index is 11.8. The van der Waals surface area contributed by atoms with Crippen molar-refractivity contribution in [2.24, 2.45) is 5.92 Å². The minimum absolute atomic E-state index is 0.0458. The number of amides is 1. The number of methoxy groups -OCH3 is 1. The second-order valence-corrected chi connectivity index (χ2v) is 4.57. The highest BCUT2D eigenvalue weighted by Gasteiger charge is 2.22. The first kappa shape index (κ1) is 14.9. The molecule has 0 aliphatic carbocycles. The zero-order chi connectivity index (χ0) is 14.4. The summed E-state index contributed by atoms with van der Waals surface area (Å²) in [7, 11) is 1.29. The Kier molecular flexibility index (Phi) is 5.28. The van der Waals surface area contributed by atoms with Crippen molar-refractivity contribution < 1.29 is 14.3 Å². The molecule has 19 heavy (non-hydrogen) atoms. The Morgan fingerprint density at radius 3 is 2.68 bits per heavy atom. The molecule has 1 aromatic rings. The van der Waals surface area contributed by atoms with E-state index in [0.29, 0.717) is 6.42 Å². The third-order valence-electron chi connectivity index (χ3n) is 2.39. The van der Waals surface area contributed by atoms with Crippen molar-refractivity contribution in [3.8, 4) is 0 Å². The van der Waals surface area contributed by atoms with Crippen LogP contribution >= 0.6 is 0 Å². The third kappa shape index (κ3) is 4.94. The number of rotatable bonds is 6. The van der Waals surface area contributed by atoms with Crippen molar-refractivity contribution in [1.29, 1.82) is 0 Å². The second kappa shape index (κ2) is 6.72. The van der Waals surface area contributed by atoms with Gasteiger partial charge in [0.25, 0.3) is 0 Å². The van der Waals surface area contributed by atoms with E-state index in [-0.39, 0.29) is 24.3 Å². The lowest BCUT2D eigenvalue weighted by molar-refractivity contribution is -0.145. The molecule has 1 rings (SSSR count). The Bertz CT molecular complexity index is 443. The maximum atomic E-state index is 11.8. The predicted octanol–water partition coefficient (Wildman–Crippen LogP) is -0.436. The first-order chi connectivity index (χ1) is 8.92. The zero-order valence-corrected chi connectivity index (χ0v) is 11.3. The van der Waals surface area contributed by atoms with Crippen LogP contribution in [0.15, 0.2) is 6.33 Å². The smallest absolute Gasteiger partial charge is 0.328 e. The van der Waals surface area contributed by atoms with Gasteiger partial charge in [-0.3, -0.25) is 4.79 Å². The summed E-state index contributed by atoms with van der Waals surface area (Å²) in [6.07, 6.45) is 1.86. The van der Waals surface area contributed by atoms with Crippen LogP contribution in [0.3, 0.4) is 0 Å². The minimum atomic E-state index is -0.654. The van der Waals surface area contributed by atoms with Gasteiger partial charge in [-0.05, 0) is 12.3 Å². The molecule has 1 amide bonds. The SMILES string of the molecule is COC(=O)C(CC(C)C)NC(=O)Cn1cnc(N)n1. The molecule has 1 unspecified atom stereocenters. The summed E-state index contributed by atoms with van der Waals surface area (Å²) in [4.78, 5) is 27.0. The Balaban J connectivity index is 2.57. The normalized spacial score (nSPS) is 12.2. The molecule has 0 bridgehead atoms. The first-order valence-corrected chi connectivity index (χ1v) is 5.94. The van der Waals surface area contributed by atoms with Crippen molar-refractivity contribution in [3.05, 3.63) is 6.33 Å². The number of carbonyl (C=O) groups is 2. The monoisotopic (exact) mass is 269 g/mol. The van der Waals surface area contributed by atoms with Crippen LogP contribution in [0.25, 0.3) is 0 Å². The Hall–Kier alpha value is -2.12. The van der Waals surface area contributed by atoms with Gasteiger partial charge in [-0.15, -0.1) is 5.10 Å². The van der Waals surface area contributed by atoms with Gasteiger partial charge >= 0.3 is 5.97 Å². The number of aromatic nitrogens is 3. The fourth-order valence-corrected chi connectivity index (χ4v) is 1.60. The van der Waals surface area contributed by atoms with Crippen LogP contribution < -0.4 is 11.1 Å². The first-order valence-electron chi connectivity index (χ1n) is 5.94. The summed E-state index contributed by atoms with van der Waals surface area (Å²) in [5.41, 5.74) is 5.34. The second-order valence-electron chi connectivity index (χ2n) is 4.57. The number of esters is 1. The number of hydrogen-bond acceptors (Lipinski definition) is 6. The van der Waals surface area contributed by atoms with Crippen LogP contribution in [0.2, 0.25) is 0 Å². The summed E-state index contributed by atoms with van der Waals surface area (Å²) in [5.74, 6) is -0.452. The van der Waals surface area contributed by atoms with Crippen LogP contribution in [-0.4, -0.2) is 39.8 Å². The quantitative estimate of drug-likeness (QED) is 0.677. The van der Waals surface area contributed by atoms with Gasteiger partial charge in [0.2, 0.25) is 11.9 Å². The van der Waals surface area contributed by atoms with Crippen LogP contribution in [0.1, 0.15) is 20.3 Å². The molecule has 0 aliphatic heterocycles. The lowest BCUT2D eigenvalue weighted by atomic mass is 10.0. The molecular weight excluding hydrogens is 250 g/mol. The van der Waals surface area contributed by atoms with Crippen molar-refractivity contribution in [2.45, 2.75) is 32.9 Å². The fourth-order valence-electron chi connectivity index (χ4n) is 1.60. The van der Waals surface area contributed by atoms with E-state index < -0.39 is 12.0 Å². The molecule has 1 heterocycles. The number of nitrogens with zero attached hydrogens (tertiary/aromatic N) is 3. The number of nitrogen functional groups attached to an aromatic ring is 1. The minimum Gasteiger partial charge on any atom is -0.467 e. The molecule has 3 N–H and O–H groups in total. The van der Waals surface area contributed by atoms with Crippen molar-refractivity contribution >= 4 is 17.8 Å². The molecule has 1 aromatic heterocycles. The van der Waals surface area contributed by atoms with E-state index in [1.807, 2.05) is 13.8 Å². The molecule has 0 saturated heterocycles. The third-order valence-corrected chi connectivity index (χ3v) is 2.39. The van der Waals surface area contributed by atoms with Gasteiger partial charge in [0.05, 0.1) is 7.11 Å². The number of ether oxygens (including phenoxy) is 1. The van der Waals surface area contributed by atoms with Crippen molar-refractivity contribution in [2.75, 3.05) is 12.8 Å². The molecule has 0 saturated carbocycles. The van der Waals surface area contributed by atoms with Crippen LogP contribution in [0.4, 0.5) is 5.95 Å². The van der Waals surface area contributed by atoms with E-state index >= 15 is 0 Å². The highest BCUT2D eigenvalue weighted by Crippen LogP contribution is 2.06. The molecule has 0 aromatic carbocycles. The Morgan fingerprint density at radius 1 is 1.53 bits per heavy atom. The van der Waals surface area contributed by atoms with Crippen molar-refractivity contribution in [1.82, 2.24) is 20.1 Å². The fraction of sp³-hybridized carbons (Fsp3) is 0.636. The van der Waals surface area contributed by atoms with E-state index in [1.54, 1.807) is 0 Å². The van der Waals surface area contributed by atoms with E-state index in [9.17, 15) is 9.59 Å². The van der Waals surface area contributed by atoms with Gasteiger partial charge in [-0.1, -0.05) is 13.8 Å². The zero-order valence-electron chi connectivity index (χ0n) is 11.3. The predicted molar refractivity (Wildman–Crippen MR) is 67.8 cm³/mol. The largest absolute Gasteiger partial charge is 0.467 e. The standard InChI is InChI=1S/C11H19N5O3/c1-7(2)4-8(10(18)19-3)14-9(17)5-16-6-13-11(12)15-16/h6-8H,4-5H2,1-3H3,(H2,12,15)(H,14,17). The molecular formula is C11H19N5O3. The van der Waals surface area contributed by atoms with E-state index in [1.165, 1.54) is 18.1 Å². The molecule has 0 fully saturated rings. The number of anilines is 1. The van der Waals surface area contributed by atoms with Gasteiger partial charge in [0.1, 0.15) is 18.9 Å². The molecule has 0 radical (unpaired) electrons. The number of nitrogens with two attached hydrogens (primary N) is 1. The van der Waals surface area contributed by atoms with Gasteiger partial charge in [0.15, 0.2) is 0 Å². The topological polar surface area (TPSA) is 112 Å². The van der Waals surface area contributed by atoms with Crippen molar-refractivity contribution in [3.63, 3.8) is 0 Å². The Morgan fingerprint density at radius 2 is 2.21 bits per heavy atom. The summed E-state index contributed by atoms with van der Waals surface area (Å²) < 4.78 is 5.96. The lowest BCUT2D eigenvalue weighted by Gasteiger charge is -2.18. The summed E-state index contributed by atoms with van der Waals surface area (Å²) in [6.45, 7) is 3.87. The average molecular weight is 269 g/mol. The summed E-state index contributed by atoms with van der Waals surface area (Å²) in [5, 5.41) is 6.40. The average Bonchev–Trinajstić information content (AvgIpc) is 2.72. The van der Waals surface area contributed by atoms with E-state index in [2.05, 4.69) is 20.1 Å². The molecule has 0 aliphatic rings. The molecule has 8 heteroatoms. The van der Waals surface area contributed by atoms with Gasteiger partial charge in [-0.25, -0.2) is 14.5 Å². The molecule has 1 atom stereocenters. The number of carbonyl (C=O) groups excluding carboxylic acids is 2. The highest BCUT2D eigenvalue weighted by molar-refractivity contribution is 5.84. The Labute approximate surface area is 111 Å². The van der Waals surface area contributed by atoms with Crippen LogP contribution in [0.5, 0.6) is 0 Å². The van der Waals surface area contributed by atoms with Gasteiger partial charge in [0, 0.05) is 0 Å². The molecule has 106 valence electrons. The maximum Gasteiger partial charge on any atom is 0.328 e. The van der Waals surface area contributed by atoms with Gasteiger partial charge in [-0.2, -0.15) is 0 Å². The van der Waals surface area contributed by atoms with Gasteiger partial charge < -0.3 is 15.8 Å². The van der Waals surface area contributed by atoms with Crippen LogP contribution in [-0.2, 0) is 20.9 Å². The number of hydrogen-bond donors (Lipinski definition) is 2. The molecule has 8 nitrogen and oxygen atoms in total. The van der Waals surface area contributed by atoms with Crippen LogP contribution in [0, 0.1) is 5.92 Å². The van der Waals surface area contributed by atoms with E-state index in [4.69, 9.17) is 5.73 Å². The lowest BCUT2D eigenvalue weighted by Crippen LogP contribution is -2.43. The summed E-state index contributed by atoms with van der Waals surface area (Å²) >= 11 is 0. The number of nitrogens with one attached hydrogen (secondary N) is 1. The molecule has 0 spiro atoms. The van der Waals surface area contributed by atoms with E-state index in [0.717, 1.165) is 0 Å². The highest BCUT2D eigenvalue weighted by atomic mass is 16.5.